The molecule has 0 unspecified atom stereocenters. The number of phenolic OH excluding ortho intramolecular Hbond substituents is 1. The fourth-order valence-electron chi connectivity index (χ4n) is 2.20. The third kappa shape index (κ3) is 3.76. The molecule has 1 heterocycles. The summed E-state index contributed by atoms with van der Waals surface area (Å²) >= 11 is 1.97. The van der Waals surface area contributed by atoms with Gasteiger partial charge in [-0.15, -0.1) is 0 Å². The molecule has 0 amide bonds. The lowest BCUT2D eigenvalue weighted by molar-refractivity contribution is 0.0943. The summed E-state index contributed by atoms with van der Waals surface area (Å²) in [4.78, 5) is 12.5. The summed E-state index contributed by atoms with van der Waals surface area (Å²) < 4.78 is 7.15. The molecule has 2 rings (SSSR count). The summed E-state index contributed by atoms with van der Waals surface area (Å²) in [6.45, 7) is 5.74. The first-order valence-electron chi connectivity index (χ1n) is 7.22. The number of aromatic hydroxyl groups is 1. The molecule has 0 aliphatic rings. The van der Waals surface area contributed by atoms with Gasteiger partial charge in [-0.1, -0.05) is 0 Å². The Bertz CT molecular complexity index is 863. The van der Waals surface area contributed by atoms with Crippen LogP contribution in [-0.2, 0) is 0 Å². The standard InChI is InChI=1S/C17H16IN3O3/c1-4-24-15-8-12(7-14(18)16(15)22)6-13(9-19)17(23)21-11(3)5-10(2)20-21/h5-8,22H,4H2,1-3H3/b13-6+. The highest BCUT2D eigenvalue weighted by molar-refractivity contribution is 14.1. The molecule has 1 aromatic heterocycles. The molecule has 0 saturated heterocycles. The van der Waals surface area contributed by atoms with Gasteiger partial charge in [-0.05, 0) is 73.2 Å². The van der Waals surface area contributed by atoms with Crippen molar-refractivity contribution in [3.05, 3.63) is 44.3 Å². The van der Waals surface area contributed by atoms with E-state index in [1.807, 2.05) is 35.6 Å². The fourth-order valence-corrected chi connectivity index (χ4v) is 2.83. The summed E-state index contributed by atoms with van der Waals surface area (Å²) in [6.07, 6.45) is 1.46. The molecule has 1 N–H and O–H groups in total. The zero-order valence-electron chi connectivity index (χ0n) is 13.5. The fraction of sp³-hybridized carbons (Fsp3) is 0.235. The minimum Gasteiger partial charge on any atom is -0.504 e. The molecule has 0 aliphatic heterocycles. The van der Waals surface area contributed by atoms with E-state index in [1.165, 1.54) is 10.8 Å². The maximum atomic E-state index is 12.5. The Kier molecular flexibility index (Phi) is 5.62. The second-order valence-corrected chi connectivity index (χ2v) is 6.26. The van der Waals surface area contributed by atoms with Crippen LogP contribution in [0.4, 0.5) is 0 Å². The Morgan fingerprint density at radius 1 is 1.46 bits per heavy atom. The summed E-state index contributed by atoms with van der Waals surface area (Å²) in [5.41, 5.74) is 1.90. The van der Waals surface area contributed by atoms with E-state index in [0.717, 1.165) is 0 Å². The Morgan fingerprint density at radius 3 is 2.71 bits per heavy atom. The molecule has 6 nitrogen and oxygen atoms in total. The Morgan fingerprint density at radius 2 is 2.17 bits per heavy atom. The van der Waals surface area contributed by atoms with Gasteiger partial charge in [0.1, 0.15) is 11.6 Å². The van der Waals surface area contributed by atoms with E-state index in [2.05, 4.69) is 5.10 Å². The van der Waals surface area contributed by atoms with Crippen molar-refractivity contribution in [3.63, 3.8) is 0 Å². The van der Waals surface area contributed by atoms with Crippen LogP contribution in [0.15, 0.2) is 23.8 Å². The zero-order chi connectivity index (χ0) is 17.9. The highest BCUT2D eigenvalue weighted by atomic mass is 127. The minimum atomic E-state index is -0.496. The van der Waals surface area contributed by atoms with E-state index in [0.29, 0.717) is 32.9 Å². The number of aryl methyl sites for hydroxylation is 2. The van der Waals surface area contributed by atoms with Crippen LogP contribution >= 0.6 is 22.6 Å². The van der Waals surface area contributed by atoms with Crippen LogP contribution < -0.4 is 4.74 Å². The second-order valence-electron chi connectivity index (χ2n) is 5.10. The smallest absolute Gasteiger partial charge is 0.289 e. The minimum absolute atomic E-state index is 0.0398. The molecule has 0 bridgehead atoms. The van der Waals surface area contributed by atoms with Gasteiger partial charge in [0.05, 0.1) is 15.9 Å². The number of nitrogens with zero attached hydrogens (tertiary/aromatic N) is 3. The highest BCUT2D eigenvalue weighted by Crippen LogP contribution is 2.33. The van der Waals surface area contributed by atoms with Gasteiger partial charge >= 0.3 is 0 Å². The number of phenols is 1. The molecule has 0 spiro atoms. The lowest BCUT2D eigenvalue weighted by atomic mass is 10.1. The molecule has 0 atom stereocenters. The number of benzene rings is 1. The maximum absolute atomic E-state index is 12.5. The quantitative estimate of drug-likeness (QED) is 0.450. The van der Waals surface area contributed by atoms with Crippen molar-refractivity contribution in [2.24, 2.45) is 0 Å². The van der Waals surface area contributed by atoms with Crippen molar-refractivity contribution in [1.82, 2.24) is 9.78 Å². The van der Waals surface area contributed by atoms with E-state index in [1.54, 1.807) is 32.0 Å². The van der Waals surface area contributed by atoms with Crippen molar-refractivity contribution in [3.8, 4) is 17.6 Å². The summed E-state index contributed by atoms with van der Waals surface area (Å²) in [6, 6.07) is 6.94. The SMILES string of the molecule is CCOc1cc(/C=C(\C#N)C(=O)n2nc(C)cc2C)cc(I)c1O. The molecule has 7 heteroatoms. The normalized spacial score (nSPS) is 11.2. The van der Waals surface area contributed by atoms with Gasteiger partial charge in [0.2, 0.25) is 0 Å². The van der Waals surface area contributed by atoms with Crippen LogP contribution in [0.2, 0.25) is 0 Å². The Balaban J connectivity index is 2.46. The van der Waals surface area contributed by atoms with Crippen LogP contribution in [0.25, 0.3) is 6.08 Å². The third-order valence-electron chi connectivity index (χ3n) is 3.21. The molecule has 24 heavy (non-hydrogen) atoms. The van der Waals surface area contributed by atoms with E-state index >= 15 is 0 Å². The lowest BCUT2D eigenvalue weighted by Gasteiger charge is -2.09. The predicted octanol–water partition coefficient (Wildman–Crippen LogP) is 3.46. The van der Waals surface area contributed by atoms with Crippen LogP contribution in [0.5, 0.6) is 11.5 Å². The van der Waals surface area contributed by atoms with Crippen LogP contribution in [0.3, 0.4) is 0 Å². The molecule has 0 saturated carbocycles. The van der Waals surface area contributed by atoms with Crippen molar-refractivity contribution in [2.45, 2.75) is 20.8 Å². The number of carbonyl (C=O) groups is 1. The van der Waals surface area contributed by atoms with Gasteiger partial charge in [-0.3, -0.25) is 4.79 Å². The molecule has 0 fully saturated rings. The van der Waals surface area contributed by atoms with Gasteiger partial charge in [0.15, 0.2) is 11.5 Å². The summed E-state index contributed by atoms with van der Waals surface area (Å²) in [5.74, 6) is -0.145. The molecule has 124 valence electrons. The number of rotatable bonds is 4. The lowest BCUT2D eigenvalue weighted by Crippen LogP contribution is -2.15. The second kappa shape index (κ2) is 7.49. The van der Waals surface area contributed by atoms with Crippen molar-refractivity contribution in [1.29, 1.82) is 5.26 Å². The van der Waals surface area contributed by atoms with Crippen LogP contribution in [0, 0.1) is 28.7 Å². The Labute approximate surface area is 153 Å². The van der Waals surface area contributed by atoms with E-state index in [4.69, 9.17) is 4.74 Å². The number of allylic oxidation sites excluding steroid dienone is 1. The zero-order valence-corrected chi connectivity index (χ0v) is 15.7. The van der Waals surface area contributed by atoms with Crippen molar-refractivity contribution < 1.29 is 14.6 Å². The number of nitriles is 1. The van der Waals surface area contributed by atoms with Gasteiger partial charge in [0.25, 0.3) is 5.91 Å². The number of carbonyl (C=O) groups excluding carboxylic acids is 1. The van der Waals surface area contributed by atoms with E-state index in [9.17, 15) is 15.2 Å². The summed E-state index contributed by atoms with van der Waals surface area (Å²) in [5, 5.41) is 23.4. The topological polar surface area (TPSA) is 88.1 Å². The van der Waals surface area contributed by atoms with Crippen molar-refractivity contribution >= 4 is 34.6 Å². The highest BCUT2D eigenvalue weighted by Gasteiger charge is 2.16. The van der Waals surface area contributed by atoms with Gasteiger partial charge in [-0.25, -0.2) is 4.68 Å². The van der Waals surface area contributed by atoms with Gasteiger partial charge in [-0.2, -0.15) is 10.4 Å². The monoisotopic (exact) mass is 437 g/mol. The number of aromatic nitrogens is 2. The first-order chi connectivity index (χ1) is 11.4. The number of ether oxygens (including phenoxy) is 1. The van der Waals surface area contributed by atoms with Crippen molar-refractivity contribution in [2.75, 3.05) is 6.61 Å². The summed E-state index contributed by atoms with van der Waals surface area (Å²) in [7, 11) is 0. The first kappa shape index (κ1) is 18.0. The maximum Gasteiger partial charge on any atom is 0.289 e. The average molecular weight is 437 g/mol. The van der Waals surface area contributed by atoms with E-state index < -0.39 is 5.91 Å². The molecule has 1 aromatic carbocycles. The number of hydrogen-bond donors (Lipinski definition) is 1. The molecule has 0 radical (unpaired) electrons. The van der Waals surface area contributed by atoms with Crippen LogP contribution in [-0.4, -0.2) is 27.4 Å². The van der Waals surface area contributed by atoms with Gasteiger partial charge in [0, 0.05) is 5.69 Å². The largest absolute Gasteiger partial charge is 0.504 e. The first-order valence-corrected chi connectivity index (χ1v) is 8.30. The molecular formula is C17H16IN3O3. The predicted molar refractivity (Wildman–Crippen MR) is 97.9 cm³/mol. The number of hydrogen-bond acceptors (Lipinski definition) is 5. The molecule has 2 aromatic rings. The third-order valence-corrected chi connectivity index (χ3v) is 4.04. The molecule has 0 aliphatic carbocycles. The molecular weight excluding hydrogens is 421 g/mol. The van der Waals surface area contributed by atoms with Crippen LogP contribution in [0.1, 0.15) is 28.7 Å². The average Bonchev–Trinajstić information content (AvgIpc) is 2.87. The Hall–Kier alpha value is -2.34. The van der Waals surface area contributed by atoms with E-state index in [-0.39, 0.29) is 11.3 Å². The number of halogens is 1. The van der Waals surface area contributed by atoms with Gasteiger partial charge < -0.3 is 9.84 Å².